The molecule has 4 aromatic rings. The summed E-state index contributed by atoms with van der Waals surface area (Å²) in [6, 6.07) is 29.2. The van der Waals surface area contributed by atoms with Gasteiger partial charge in [0.15, 0.2) is 5.69 Å². The van der Waals surface area contributed by atoms with Gasteiger partial charge in [0.25, 0.3) is 0 Å². The van der Waals surface area contributed by atoms with Gasteiger partial charge in [-0.2, -0.15) is 0 Å². The van der Waals surface area contributed by atoms with Crippen LogP contribution in [0, 0.1) is 0 Å². The molecule has 0 saturated carbocycles. The Morgan fingerprint density at radius 1 is 0.935 bits per heavy atom. The maximum atomic E-state index is 12.3. The largest absolute Gasteiger partial charge is 0.461 e. The van der Waals surface area contributed by atoms with Crippen molar-refractivity contribution in [2.24, 2.45) is 5.73 Å². The molecule has 0 bridgehead atoms. The second-order valence-corrected chi connectivity index (χ2v) is 7.16. The standard InChI is InChI=1S/C25H24N4O2/c1-2-31-24(30)22-18-29(28-27-22)25(20-14-8-4-9-15-20,21-16-10-5-11-17-21)23(26)19-12-6-3-7-13-19/h3-18,23H,2,26H2,1H3/t23-/m0/s1. The van der Waals surface area contributed by atoms with E-state index >= 15 is 0 Å². The van der Waals surface area contributed by atoms with Crippen LogP contribution in [-0.2, 0) is 10.3 Å². The third kappa shape index (κ3) is 3.73. The number of ether oxygens (including phenoxy) is 1. The lowest BCUT2D eigenvalue weighted by Gasteiger charge is -2.40. The summed E-state index contributed by atoms with van der Waals surface area (Å²) in [5.41, 5.74) is 8.99. The fourth-order valence-corrected chi connectivity index (χ4v) is 3.95. The van der Waals surface area contributed by atoms with Gasteiger partial charge in [-0.3, -0.25) is 0 Å². The molecule has 4 rings (SSSR count). The Morgan fingerprint density at radius 2 is 1.45 bits per heavy atom. The first-order valence-corrected chi connectivity index (χ1v) is 10.2. The Bertz CT molecular complexity index is 1090. The van der Waals surface area contributed by atoms with Crippen LogP contribution in [0.4, 0.5) is 0 Å². The predicted octanol–water partition coefficient (Wildman–Crippen LogP) is 3.95. The molecule has 0 spiro atoms. The normalized spacial score (nSPS) is 12.3. The van der Waals surface area contributed by atoms with Crippen molar-refractivity contribution in [2.45, 2.75) is 18.5 Å². The van der Waals surface area contributed by atoms with Gasteiger partial charge in [0.2, 0.25) is 0 Å². The van der Waals surface area contributed by atoms with Crippen LogP contribution >= 0.6 is 0 Å². The minimum atomic E-state index is -0.943. The van der Waals surface area contributed by atoms with Crippen LogP contribution < -0.4 is 5.73 Å². The van der Waals surface area contributed by atoms with Gasteiger partial charge in [0.05, 0.1) is 18.8 Å². The minimum Gasteiger partial charge on any atom is -0.461 e. The SMILES string of the molecule is CCOC(=O)c1cn(C(c2ccccc2)(c2ccccc2)[C@@H](N)c2ccccc2)nn1. The molecule has 6 nitrogen and oxygen atoms in total. The summed E-state index contributed by atoms with van der Waals surface area (Å²) in [7, 11) is 0. The Hall–Kier alpha value is -3.77. The molecule has 1 atom stereocenters. The van der Waals surface area contributed by atoms with E-state index in [1.807, 2.05) is 91.0 Å². The van der Waals surface area contributed by atoms with Gasteiger partial charge in [-0.05, 0) is 23.6 Å². The Morgan fingerprint density at radius 3 is 1.97 bits per heavy atom. The van der Waals surface area contributed by atoms with Gasteiger partial charge in [-0.25, -0.2) is 9.48 Å². The number of carbonyl (C=O) groups is 1. The highest BCUT2D eigenvalue weighted by molar-refractivity contribution is 5.86. The van der Waals surface area contributed by atoms with E-state index in [0.717, 1.165) is 16.7 Å². The van der Waals surface area contributed by atoms with E-state index in [-0.39, 0.29) is 12.3 Å². The van der Waals surface area contributed by atoms with Crippen molar-refractivity contribution in [3.63, 3.8) is 0 Å². The second-order valence-electron chi connectivity index (χ2n) is 7.16. The summed E-state index contributed by atoms with van der Waals surface area (Å²) < 4.78 is 6.81. The molecule has 0 fully saturated rings. The van der Waals surface area contributed by atoms with E-state index in [1.165, 1.54) is 0 Å². The fraction of sp³-hybridized carbons (Fsp3) is 0.160. The summed E-state index contributed by atoms with van der Waals surface area (Å²) in [5.74, 6) is -0.517. The van der Waals surface area contributed by atoms with Gasteiger partial charge in [-0.1, -0.05) is 96.2 Å². The number of carbonyl (C=O) groups excluding carboxylic acids is 1. The van der Waals surface area contributed by atoms with Gasteiger partial charge < -0.3 is 10.5 Å². The molecule has 156 valence electrons. The van der Waals surface area contributed by atoms with Crippen LogP contribution in [0.15, 0.2) is 97.2 Å². The third-order valence-electron chi connectivity index (χ3n) is 5.38. The minimum absolute atomic E-state index is 0.137. The molecule has 2 N–H and O–H groups in total. The molecule has 0 aliphatic heterocycles. The Labute approximate surface area is 181 Å². The molecule has 3 aromatic carbocycles. The fourth-order valence-electron chi connectivity index (χ4n) is 3.95. The molecule has 31 heavy (non-hydrogen) atoms. The third-order valence-corrected chi connectivity index (χ3v) is 5.38. The monoisotopic (exact) mass is 412 g/mol. The van der Waals surface area contributed by atoms with Gasteiger partial charge >= 0.3 is 5.97 Å². The van der Waals surface area contributed by atoms with Crippen molar-refractivity contribution in [1.82, 2.24) is 15.0 Å². The second kappa shape index (κ2) is 8.93. The van der Waals surface area contributed by atoms with Crippen LogP contribution in [0.25, 0.3) is 0 Å². The van der Waals surface area contributed by atoms with Crippen molar-refractivity contribution in [3.05, 3.63) is 120 Å². The molecular weight excluding hydrogens is 388 g/mol. The maximum absolute atomic E-state index is 12.3. The van der Waals surface area contributed by atoms with Crippen LogP contribution in [0.1, 0.15) is 40.1 Å². The lowest BCUT2D eigenvalue weighted by atomic mass is 9.74. The van der Waals surface area contributed by atoms with Gasteiger partial charge in [-0.15, -0.1) is 5.10 Å². The van der Waals surface area contributed by atoms with E-state index in [0.29, 0.717) is 0 Å². The maximum Gasteiger partial charge on any atom is 0.360 e. The zero-order valence-electron chi connectivity index (χ0n) is 17.3. The molecule has 1 heterocycles. The summed E-state index contributed by atoms with van der Waals surface area (Å²) in [4.78, 5) is 12.3. The van der Waals surface area contributed by atoms with Gasteiger partial charge in [0.1, 0.15) is 5.54 Å². The van der Waals surface area contributed by atoms with Crippen molar-refractivity contribution >= 4 is 5.97 Å². The quantitative estimate of drug-likeness (QED) is 0.465. The Kier molecular flexibility index (Phi) is 5.91. The van der Waals surface area contributed by atoms with E-state index in [4.69, 9.17) is 10.5 Å². The highest BCUT2D eigenvalue weighted by Crippen LogP contribution is 2.42. The number of hydrogen-bond acceptors (Lipinski definition) is 5. The van der Waals surface area contributed by atoms with E-state index in [2.05, 4.69) is 10.3 Å². The lowest BCUT2D eigenvalue weighted by molar-refractivity contribution is 0.0519. The average molecular weight is 412 g/mol. The number of esters is 1. The van der Waals surface area contributed by atoms with Crippen molar-refractivity contribution in [3.8, 4) is 0 Å². The molecule has 6 heteroatoms. The summed E-state index contributed by atoms with van der Waals surface area (Å²) in [5, 5.41) is 8.49. The Balaban J connectivity index is 2.00. The molecule has 0 radical (unpaired) electrons. The van der Waals surface area contributed by atoms with Crippen molar-refractivity contribution in [2.75, 3.05) is 6.61 Å². The predicted molar refractivity (Wildman–Crippen MR) is 118 cm³/mol. The highest BCUT2D eigenvalue weighted by Gasteiger charge is 2.44. The van der Waals surface area contributed by atoms with E-state index < -0.39 is 17.6 Å². The number of aromatic nitrogens is 3. The summed E-state index contributed by atoms with van der Waals surface area (Å²) >= 11 is 0. The first-order valence-electron chi connectivity index (χ1n) is 10.2. The summed E-state index contributed by atoms with van der Waals surface area (Å²) in [6.45, 7) is 2.02. The topological polar surface area (TPSA) is 83.0 Å². The highest BCUT2D eigenvalue weighted by atomic mass is 16.5. The first-order chi connectivity index (χ1) is 15.2. The van der Waals surface area contributed by atoms with E-state index in [9.17, 15) is 4.79 Å². The van der Waals surface area contributed by atoms with Crippen molar-refractivity contribution < 1.29 is 9.53 Å². The molecular formula is C25H24N4O2. The van der Waals surface area contributed by atoms with Crippen molar-refractivity contribution in [1.29, 1.82) is 0 Å². The zero-order chi connectivity index (χ0) is 21.7. The molecule has 1 aromatic heterocycles. The average Bonchev–Trinajstić information content (AvgIpc) is 3.32. The zero-order valence-corrected chi connectivity index (χ0v) is 17.3. The number of rotatable bonds is 7. The number of nitrogens with two attached hydrogens (primary N) is 1. The first kappa shape index (κ1) is 20.5. The van der Waals surface area contributed by atoms with E-state index in [1.54, 1.807) is 17.8 Å². The molecule has 0 unspecified atom stereocenters. The number of nitrogens with zero attached hydrogens (tertiary/aromatic N) is 3. The molecule has 0 aliphatic rings. The smallest absolute Gasteiger partial charge is 0.360 e. The number of hydrogen-bond donors (Lipinski definition) is 1. The molecule has 0 aliphatic carbocycles. The van der Waals surface area contributed by atoms with Gasteiger partial charge in [0, 0.05) is 0 Å². The molecule has 0 amide bonds. The summed E-state index contributed by atoms with van der Waals surface area (Å²) in [6.07, 6.45) is 1.61. The van der Waals surface area contributed by atoms with Crippen LogP contribution in [0.2, 0.25) is 0 Å². The molecule has 0 saturated heterocycles. The number of benzene rings is 3. The lowest BCUT2D eigenvalue weighted by Crippen LogP contribution is -2.46. The van der Waals surface area contributed by atoms with Crippen LogP contribution in [0.3, 0.4) is 0 Å². The van der Waals surface area contributed by atoms with Crippen LogP contribution in [-0.4, -0.2) is 27.6 Å². The van der Waals surface area contributed by atoms with Crippen LogP contribution in [0.5, 0.6) is 0 Å².